The van der Waals surface area contributed by atoms with Crippen molar-refractivity contribution in [2.24, 2.45) is 0 Å². The first-order chi connectivity index (χ1) is 9.15. The SMILES string of the molecule is CC(C)c1ccc(CC(=O)Cc2cccnc2)cc1. The normalized spacial score (nSPS) is 10.7. The van der Waals surface area contributed by atoms with Gasteiger partial charge in [0.2, 0.25) is 0 Å². The number of hydrogen-bond acceptors (Lipinski definition) is 2. The molecule has 1 aromatic carbocycles. The number of carbonyl (C=O) groups excluding carboxylic acids is 1. The molecule has 19 heavy (non-hydrogen) atoms. The van der Waals surface area contributed by atoms with Gasteiger partial charge in [-0.25, -0.2) is 0 Å². The van der Waals surface area contributed by atoms with Gasteiger partial charge in [0.25, 0.3) is 0 Å². The van der Waals surface area contributed by atoms with Gasteiger partial charge in [0.1, 0.15) is 5.78 Å². The van der Waals surface area contributed by atoms with Crippen LogP contribution in [0.15, 0.2) is 48.8 Å². The molecule has 0 atom stereocenters. The molecule has 0 amide bonds. The van der Waals surface area contributed by atoms with Gasteiger partial charge in [-0.3, -0.25) is 9.78 Å². The lowest BCUT2D eigenvalue weighted by atomic mass is 9.99. The second kappa shape index (κ2) is 6.28. The maximum absolute atomic E-state index is 12.0. The Morgan fingerprint density at radius 2 is 1.74 bits per heavy atom. The molecule has 2 nitrogen and oxygen atoms in total. The molecule has 0 unspecified atom stereocenters. The van der Waals surface area contributed by atoms with E-state index in [2.05, 4.69) is 43.1 Å². The van der Waals surface area contributed by atoms with Gasteiger partial charge in [-0.2, -0.15) is 0 Å². The molecule has 0 aliphatic carbocycles. The molecule has 0 radical (unpaired) electrons. The fourth-order valence-corrected chi connectivity index (χ4v) is 2.04. The van der Waals surface area contributed by atoms with Crippen LogP contribution in [-0.2, 0) is 17.6 Å². The molecule has 0 N–H and O–H groups in total. The Kier molecular flexibility index (Phi) is 4.45. The van der Waals surface area contributed by atoms with Crippen molar-refractivity contribution in [3.05, 3.63) is 65.5 Å². The van der Waals surface area contributed by atoms with Crippen LogP contribution in [0.3, 0.4) is 0 Å². The van der Waals surface area contributed by atoms with Gasteiger partial charge in [-0.05, 0) is 28.7 Å². The summed E-state index contributed by atoms with van der Waals surface area (Å²) in [5.41, 5.74) is 3.37. The second-order valence-corrected chi connectivity index (χ2v) is 5.15. The van der Waals surface area contributed by atoms with Gasteiger partial charge in [-0.1, -0.05) is 44.2 Å². The number of Topliss-reactive ketones (excluding diaryl/α,β-unsaturated/α-hetero) is 1. The molecule has 0 fully saturated rings. The summed E-state index contributed by atoms with van der Waals surface area (Å²) in [4.78, 5) is 16.0. The average molecular weight is 253 g/mol. The number of benzene rings is 1. The lowest BCUT2D eigenvalue weighted by Crippen LogP contribution is -2.06. The minimum absolute atomic E-state index is 0.227. The zero-order valence-corrected chi connectivity index (χ0v) is 11.5. The number of ketones is 1. The van der Waals surface area contributed by atoms with E-state index in [-0.39, 0.29) is 5.78 Å². The maximum Gasteiger partial charge on any atom is 0.141 e. The number of hydrogen-bond donors (Lipinski definition) is 0. The summed E-state index contributed by atoms with van der Waals surface area (Å²) in [7, 11) is 0. The summed E-state index contributed by atoms with van der Waals surface area (Å²) in [5.74, 6) is 0.755. The van der Waals surface area contributed by atoms with Crippen molar-refractivity contribution in [2.75, 3.05) is 0 Å². The van der Waals surface area contributed by atoms with Gasteiger partial charge in [0.05, 0.1) is 0 Å². The lowest BCUT2D eigenvalue weighted by Gasteiger charge is -2.06. The Morgan fingerprint density at radius 1 is 1.05 bits per heavy atom. The number of aromatic nitrogens is 1. The molecule has 0 aliphatic heterocycles. The molecule has 2 heteroatoms. The number of nitrogens with zero attached hydrogens (tertiary/aromatic N) is 1. The summed E-state index contributed by atoms with van der Waals surface area (Å²) in [6.07, 6.45) is 4.42. The molecule has 1 heterocycles. The van der Waals surface area contributed by atoms with Crippen molar-refractivity contribution in [1.82, 2.24) is 4.98 Å². The molecule has 0 saturated carbocycles. The van der Waals surface area contributed by atoms with E-state index in [4.69, 9.17) is 0 Å². The van der Waals surface area contributed by atoms with Crippen LogP contribution >= 0.6 is 0 Å². The largest absolute Gasteiger partial charge is 0.299 e. The minimum atomic E-state index is 0.227. The monoisotopic (exact) mass is 253 g/mol. The van der Waals surface area contributed by atoms with Crippen molar-refractivity contribution < 1.29 is 4.79 Å². The third-order valence-corrected chi connectivity index (χ3v) is 3.17. The van der Waals surface area contributed by atoms with E-state index in [0.29, 0.717) is 18.8 Å². The first-order valence-electron chi connectivity index (χ1n) is 6.64. The number of pyridine rings is 1. The highest BCUT2D eigenvalue weighted by atomic mass is 16.1. The highest BCUT2D eigenvalue weighted by molar-refractivity contribution is 5.83. The predicted molar refractivity (Wildman–Crippen MR) is 77.2 cm³/mol. The fraction of sp³-hybridized carbons (Fsp3) is 0.294. The van der Waals surface area contributed by atoms with E-state index in [0.717, 1.165) is 11.1 Å². The van der Waals surface area contributed by atoms with Crippen LogP contribution in [-0.4, -0.2) is 10.8 Å². The highest BCUT2D eigenvalue weighted by Crippen LogP contribution is 2.15. The number of rotatable bonds is 5. The summed E-state index contributed by atoms with van der Waals surface area (Å²) in [5, 5.41) is 0. The standard InChI is InChI=1S/C17H19NO/c1-13(2)16-7-5-14(6-8-16)10-17(19)11-15-4-3-9-18-12-15/h3-9,12-13H,10-11H2,1-2H3. The van der Waals surface area contributed by atoms with E-state index >= 15 is 0 Å². The second-order valence-electron chi connectivity index (χ2n) is 5.15. The minimum Gasteiger partial charge on any atom is -0.299 e. The molecule has 2 aromatic rings. The van der Waals surface area contributed by atoms with Crippen molar-refractivity contribution >= 4 is 5.78 Å². The smallest absolute Gasteiger partial charge is 0.141 e. The van der Waals surface area contributed by atoms with E-state index < -0.39 is 0 Å². The van der Waals surface area contributed by atoms with Crippen LogP contribution in [0.25, 0.3) is 0 Å². The third-order valence-electron chi connectivity index (χ3n) is 3.17. The Bertz CT molecular complexity index is 529. The zero-order chi connectivity index (χ0) is 13.7. The summed E-state index contributed by atoms with van der Waals surface area (Å²) in [6, 6.07) is 12.1. The van der Waals surface area contributed by atoms with Crippen LogP contribution < -0.4 is 0 Å². The Morgan fingerprint density at radius 3 is 2.32 bits per heavy atom. The summed E-state index contributed by atoms with van der Waals surface area (Å²) >= 11 is 0. The van der Waals surface area contributed by atoms with Crippen LogP contribution in [0.4, 0.5) is 0 Å². The molecule has 0 bridgehead atoms. The Labute approximate surface area is 114 Å². The molecule has 0 spiro atoms. The Balaban J connectivity index is 1.95. The first-order valence-corrected chi connectivity index (χ1v) is 6.64. The van der Waals surface area contributed by atoms with E-state index in [1.165, 1.54) is 5.56 Å². The van der Waals surface area contributed by atoms with E-state index in [1.54, 1.807) is 12.4 Å². The molecular weight excluding hydrogens is 234 g/mol. The molecule has 1 aromatic heterocycles. The topological polar surface area (TPSA) is 30.0 Å². The molecule has 0 aliphatic rings. The quantitative estimate of drug-likeness (QED) is 0.815. The van der Waals surface area contributed by atoms with Crippen molar-refractivity contribution in [3.63, 3.8) is 0 Å². The molecule has 98 valence electrons. The highest BCUT2D eigenvalue weighted by Gasteiger charge is 2.06. The average Bonchev–Trinajstić information content (AvgIpc) is 2.40. The molecule has 2 rings (SSSR count). The van der Waals surface area contributed by atoms with E-state index in [9.17, 15) is 4.79 Å². The zero-order valence-electron chi connectivity index (χ0n) is 11.5. The number of carbonyl (C=O) groups is 1. The van der Waals surface area contributed by atoms with Crippen LogP contribution in [0, 0.1) is 0 Å². The van der Waals surface area contributed by atoms with E-state index in [1.807, 2.05) is 12.1 Å². The van der Waals surface area contributed by atoms with Crippen molar-refractivity contribution in [3.8, 4) is 0 Å². The van der Waals surface area contributed by atoms with Gasteiger partial charge in [0.15, 0.2) is 0 Å². The van der Waals surface area contributed by atoms with Gasteiger partial charge < -0.3 is 0 Å². The summed E-state index contributed by atoms with van der Waals surface area (Å²) in [6.45, 7) is 4.34. The van der Waals surface area contributed by atoms with Crippen LogP contribution in [0.5, 0.6) is 0 Å². The first kappa shape index (κ1) is 13.5. The summed E-state index contributed by atoms with van der Waals surface area (Å²) < 4.78 is 0. The van der Waals surface area contributed by atoms with Crippen LogP contribution in [0.1, 0.15) is 36.5 Å². The maximum atomic E-state index is 12.0. The third kappa shape index (κ3) is 4.02. The fourth-order valence-electron chi connectivity index (χ4n) is 2.04. The predicted octanol–water partition coefficient (Wildman–Crippen LogP) is 3.56. The lowest BCUT2D eigenvalue weighted by molar-refractivity contribution is -0.117. The van der Waals surface area contributed by atoms with Gasteiger partial charge in [0, 0.05) is 25.2 Å². The van der Waals surface area contributed by atoms with Gasteiger partial charge >= 0.3 is 0 Å². The van der Waals surface area contributed by atoms with Crippen molar-refractivity contribution in [2.45, 2.75) is 32.6 Å². The molecule has 0 saturated heterocycles. The van der Waals surface area contributed by atoms with Gasteiger partial charge in [-0.15, -0.1) is 0 Å². The van der Waals surface area contributed by atoms with Crippen molar-refractivity contribution in [1.29, 1.82) is 0 Å². The molecular formula is C17H19NO. The van der Waals surface area contributed by atoms with Crippen LogP contribution in [0.2, 0.25) is 0 Å². The Hall–Kier alpha value is -1.96.